The Kier molecular flexibility index (Phi) is 7.84. The van der Waals surface area contributed by atoms with Crippen molar-refractivity contribution in [2.75, 3.05) is 6.54 Å². The Morgan fingerprint density at radius 2 is 1.89 bits per heavy atom. The molecule has 0 radical (unpaired) electrons. The molecule has 106 valence electrons. The Bertz CT molecular complexity index is 410. The lowest BCUT2D eigenvalue weighted by atomic mass is 10.1. The molecule has 0 saturated carbocycles. The third-order valence-electron chi connectivity index (χ3n) is 2.88. The Morgan fingerprint density at radius 3 is 2.63 bits per heavy atom. The van der Waals surface area contributed by atoms with Crippen molar-refractivity contribution in [2.45, 2.75) is 45.4 Å². The molecule has 0 unspecified atom stereocenters. The van der Waals surface area contributed by atoms with Gasteiger partial charge in [0.15, 0.2) is 0 Å². The number of unbranched alkanes of at least 4 members (excludes halogenated alkanes) is 5. The first-order valence-corrected chi connectivity index (χ1v) is 7.50. The van der Waals surface area contributed by atoms with Crippen molar-refractivity contribution in [3.8, 4) is 0 Å². The van der Waals surface area contributed by atoms with Gasteiger partial charge in [0, 0.05) is 12.7 Å². The van der Waals surface area contributed by atoms with E-state index in [9.17, 15) is 4.79 Å². The van der Waals surface area contributed by atoms with Gasteiger partial charge in [-0.2, -0.15) is 0 Å². The minimum Gasteiger partial charge on any atom is -0.352 e. The minimum atomic E-state index is -0.192. The topological polar surface area (TPSA) is 42.0 Å². The van der Waals surface area contributed by atoms with E-state index in [0.29, 0.717) is 17.1 Å². The fourth-order valence-corrected chi connectivity index (χ4v) is 2.14. The zero-order valence-electron chi connectivity index (χ0n) is 11.2. The van der Waals surface area contributed by atoms with E-state index in [2.05, 4.69) is 17.2 Å². The predicted molar refractivity (Wildman–Crippen MR) is 80.0 cm³/mol. The molecule has 1 aromatic rings. The van der Waals surface area contributed by atoms with Crippen LogP contribution < -0.4 is 5.32 Å². The molecule has 1 amide bonds. The molecule has 1 N–H and O–H groups in total. The summed E-state index contributed by atoms with van der Waals surface area (Å²) >= 11 is 11.6. The fourth-order valence-electron chi connectivity index (χ4n) is 1.79. The number of pyridine rings is 1. The molecule has 0 aliphatic heterocycles. The van der Waals surface area contributed by atoms with Gasteiger partial charge in [0.1, 0.15) is 5.15 Å². The lowest BCUT2D eigenvalue weighted by Crippen LogP contribution is -2.24. The van der Waals surface area contributed by atoms with E-state index < -0.39 is 0 Å². The van der Waals surface area contributed by atoms with Crippen LogP contribution >= 0.6 is 23.2 Å². The maximum absolute atomic E-state index is 11.9. The second-order valence-electron chi connectivity index (χ2n) is 4.51. The Morgan fingerprint density at radius 1 is 1.21 bits per heavy atom. The average molecular weight is 303 g/mol. The molecule has 0 aliphatic carbocycles. The lowest BCUT2D eigenvalue weighted by molar-refractivity contribution is 0.0953. The zero-order chi connectivity index (χ0) is 14.1. The number of carbonyl (C=O) groups excluding carboxylic acids is 1. The van der Waals surface area contributed by atoms with Crippen LogP contribution in [0.3, 0.4) is 0 Å². The van der Waals surface area contributed by atoms with Crippen molar-refractivity contribution in [1.29, 1.82) is 0 Å². The molecule has 0 aromatic carbocycles. The van der Waals surface area contributed by atoms with Gasteiger partial charge in [0.2, 0.25) is 0 Å². The van der Waals surface area contributed by atoms with Gasteiger partial charge in [-0.3, -0.25) is 4.79 Å². The van der Waals surface area contributed by atoms with E-state index in [1.165, 1.54) is 37.9 Å². The van der Waals surface area contributed by atoms with Crippen LogP contribution in [-0.2, 0) is 0 Å². The van der Waals surface area contributed by atoms with Gasteiger partial charge in [0.25, 0.3) is 5.91 Å². The van der Waals surface area contributed by atoms with Crippen LogP contribution in [0.1, 0.15) is 55.8 Å². The van der Waals surface area contributed by atoms with Crippen LogP contribution in [0.2, 0.25) is 10.2 Å². The van der Waals surface area contributed by atoms with Crippen LogP contribution in [-0.4, -0.2) is 17.4 Å². The summed E-state index contributed by atoms with van der Waals surface area (Å²) in [6.07, 6.45) is 8.57. The third-order valence-corrected chi connectivity index (χ3v) is 3.39. The number of carbonyl (C=O) groups is 1. The molecule has 0 bridgehead atoms. The van der Waals surface area contributed by atoms with E-state index in [-0.39, 0.29) is 11.1 Å². The summed E-state index contributed by atoms with van der Waals surface area (Å²) in [5.74, 6) is -0.192. The normalized spacial score (nSPS) is 10.5. The maximum Gasteiger partial charge on any atom is 0.252 e. The molecular weight excluding hydrogens is 283 g/mol. The second-order valence-corrected chi connectivity index (χ2v) is 5.30. The van der Waals surface area contributed by atoms with Crippen LogP contribution in [0, 0.1) is 0 Å². The molecule has 1 rings (SSSR count). The van der Waals surface area contributed by atoms with Crippen molar-refractivity contribution in [2.24, 2.45) is 0 Å². The zero-order valence-corrected chi connectivity index (χ0v) is 12.7. The van der Waals surface area contributed by atoms with Gasteiger partial charge >= 0.3 is 0 Å². The SMILES string of the molecule is CCCCCCCCNC(=O)c1cc(Cl)ncc1Cl. The summed E-state index contributed by atoms with van der Waals surface area (Å²) in [6, 6.07) is 1.49. The number of nitrogens with zero attached hydrogens (tertiary/aromatic N) is 1. The summed E-state index contributed by atoms with van der Waals surface area (Å²) in [5.41, 5.74) is 0.382. The Labute approximate surface area is 124 Å². The highest BCUT2D eigenvalue weighted by atomic mass is 35.5. The maximum atomic E-state index is 11.9. The van der Waals surface area contributed by atoms with Crippen molar-refractivity contribution in [1.82, 2.24) is 10.3 Å². The van der Waals surface area contributed by atoms with Gasteiger partial charge in [-0.1, -0.05) is 62.2 Å². The first-order chi connectivity index (χ1) is 9.15. The molecule has 0 spiro atoms. The van der Waals surface area contributed by atoms with Crippen molar-refractivity contribution >= 4 is 29.1 Å². The fraction of sp³-hybridized carbons (Fsp3) is 0.571. The summed E-state index contributed by atoms with van der Waals surface area (Å²) in [7, 11) is 0. The van der Waals surface area contributed by atoms with Gasteiger partial charge in [-0.15, -0.1) is 0 Å². The second kappa shape index (κ2) is 9.16. The largest absolute Gasteiger partial charge is 0.352 e. The van der Waals surface area contributed by atoms with Gasteiger partial charge < -0.3 is 5.32 Å². The Balaban J connectivity index is 2.26. The molecule has 19 heavy (non-hydrogen) atoms. The molecule has 0 fully saturated rings. The monoisotopic (exact) mass is 302 g/mol. The first-order valence-electron chi connectivity index (χ1n) is 6.74. The van der Waals surface area contributed by atoms with E-state index >= 15 is 0 Å². The van der Waals surface area contributed by atoms with Crippen molar-refractivity contribution in [3.63, 3.8) is 0 Å². The van der Waals surface area contributed by atoms with Crippen molar-refractivity contribution in [3.05, 3.63) is 28.0 Å². The third kappa shape index (κ3) is 6.26. The Hall–Kier alpha value is -0.800. The van der Waals surface area contributed by atoms with Gasteiger partial charge in [0.05, 0.1) is 10.6 Å². The minimum absolute atomic E-state index is 0.192. The standard InChI is InChI=1S/C14H20Cl2N2O/c1-2-3-4-5-6-7-8-17-14(19)11-9-13(16)18-10-12(11)15/h9-10H,2-8H2,1H3,(H,17,19). The molecule has 1 aromatic heterocycles. The molecule has 3 nitrogen and oxygen atoms in total. The molecule has 0 aliphatic rings. The highest BCUT2D eigenvalue weighted by molar-refractivity contribution is 6.35. The number of aromatic nitrogens is 1. The van der Waals surface area contributed by atoms with Gasteiger partial charge in [-0.25, -0.2) is 4.98 Å². The van der Waals surface area contributed by atoms with Crippen LogP contribution in [0.15, 0.2) is 12.3 Å². The number of amides is 1. The molecule has 1 heterocycles. The van der Waals surface area contributed by atoms with Gasteiger partial charge in [-0.05, 0) is 12.5 Å². The molecule has 5 heteroatoms. The predicted octanol–water partition coefficient (Wildman–Crippen LogP) is 4.48. The summed E-state index contributed by atoms with van der Waals surface area (Å²) < 4.78 is 0. The summed E-state index contributed by atoms with van der Waals surface area (Å²) in [4.78, 5) is 15.7. The molecule has 0 saturated heterocycles. The van der Waals surface area contributed by atoms with Crippen molar-refractivity contribution < 1.29 is 4.79 Å². The molecule has 0 atom stereocenters. The van der Waals surface area contributed by atoms with Crippen LogP contribution in [0.4, 0.5) is 0 Å². The van der Waals surface area contributed by atoms with Crippen LogP contribution in [0.25, 0.3) is 0 Å². The number of halogens is 2. The number of hydrogen-bond acceptors (Lipinski definition) is 2. The van der Waals surface area contributed by atoms with E-state index in [4.69, 9.17) is 23.2 Å². The average Bonchev–Trinajstić information content (AvgIpc) is 2.40. The summed E-state index contributed by atoms with van der Waals surface area (Å²) in [5, 5.41) is 3.44. The number of nitrogens with one attached hydrogen (secondary N) is 1. The quantitative estimate of drug-likeness (QED) is 0.568. The smallest absolute Gasteiger partial charge is 0.252 e. The highest BCUT2D eigenvalue weighted by Gasteiger charge is 2.10. The summed E-state index contributed by atoms with van der Waals surface area (Å²) in [6.45, 7) is 2.87. The van der Waals surface area contributed by atoms with E-state index in [1.54, 1.807) is 0 Å². The molecular formula is C14H20Cl2N2O. The van der Waals surface area contributed by atoms with E-state index in [1.807, 2.05) is 0 Å². The van der Waals surface area contributed by atoms with E-state index in [0.717, 1.165) is 12.8 Å². The number of hydrogen-bond donors (Lipinski definition) is 1. The van der Waals surface area contributed by atoms with Crippen LogP contribution in [0.5, 0.6) is 0 Å². The lowest BCUT2D eigenvalue weighted by Gasteiger charge is -2.06. The highest BCUT2D eigenvalue weighted by Crippen LogP contribution is 2.17. The number of rotatable bonds is 8. The first kappa shape index (κ1) is 16.3.